The number of hydrogen-bond donors (Lipinski definition) is 8. The van der Waals surface area contributed by atoms with Gasteiger partial charge in [0.25, 0.3) is 0 Å². The Balaban J connectivity index is 1.57. The number of aliphatic hydroxyl groups excluding tert-OH is 4. The summed E-state index contributed by atoms with van der Waals surface area (Å²) in [5.41, 5.74) is 0. The normalized spacial score (nSPS) is 27.2. The average Bonchev–Trinajstić information content (AvgIpc) is 3.05. The van der Waals surface area contributed by atoms with Crippen LogP contribution in [0, 0.1) is 0 Å². The van der Waals surface area contributed by atoms with Gasteiger partial charge in [0, 0.05) is 59.3 Å². The molecule has 4 amide bonds. The lowest BCUT2D eigenvalue weighted by molar-refractivity contribution is -0.237. The largest absolute Gasteiger partial charge is 0.394 e. The fourth-order valence-electron chi connectivity index (χ4n) is 5.78. The van der Waals surface area contributed by atoms with Crippen LogP contribution in [0.15, 0.2) is 0 Å². The van der Waals surface area contributed by atoms with E-state index >= 15 is 0 Å². The number of aliphatic hydroxyl groups is 4. The number of nitrogens with one attached hydrogen (secondary N) is 4. The second-order valence-corrected chi connectivity index (χ2v) is 12.9. The van der Waals surface area contributed by atoms with Crippen LogP contribution in [0.1, 0.15) is 91.4 Å². The average molecular weight is 719 g/mol. The van der Waals surface area contributed by atoms with Crippen LogP contribution in [0.5, 0.6) is 0 Å². The fraction of sp³-hybridized carbons (Fsp3) is 0.848. The quantitative estimate of drug-likeness (QED) is 0.0571. The summed E-state index contributed by atoms with van der Waals surface area (Å²) in [6.07, 6.45) is -0.437. The molecule has 2 heterocycles. The summed E-state index contributed by atoms with van der Waals surface area (Å²) < 4.78 is 22.7. The molecule has 9 unspecified atom stereocenters. The van der Waals surface area contributed by atoms with Gasteiger partial charge in [-0.2, -0.15) is 0 Å². The highest BCUT2D eigenvalue weighted by molar-refractivity contribution is 5.87. The van der Waals surface area contributed by atoms with Crippen LogP contribution in [0.4, 0.5) is 0 Å². The van der Waals surface area contributed by atoms with Crippen molar-refractivity contribution < 1.29 is 63.3 Å². The summed E-state index contributed by atoms with van der Waals surface area (Å²) in [6, 6.07) is -2.16. The molecule has 0 radical (unpaired) electrons. The van der Waals surface area contributed by atoms with E-state index in [0.717, 1.165) is 0 Å². The molecule has 2 aliphatic heterocycles. The van der Waals surface area contributed by atoms with E-state index in [1.165, 1.54) is 20.8 Å². The van der Waals surface area contributed by atoms with Gasteiger partial charge >= 0.3 is 0 Å². The summed E-state index contributed by atoms with van der Waals surface area (Å²) in [6.45, 7) is 4.34. The van der Waals surface area contributed by atoms with Gasteiger partial charge in [-0.3, -0.25) is 24.0 Å². The van der Waals surface area contributed by atoms with Gasteiger partial charge in [0.2, 0.25) is 23.6 Å². The van der Waals surface area contributed by atoms with E-state index in [-0.39, 0.29) is 81.5 Å². The number of amides is 4. The van der Waals surface area contributed by atoms with E-state index in [9.17, 15) is 44.4 Å². The molecule has 17 heteroatoms. The Bertz CT molecular complexity index is 1070. The molecule has 2 rings (SSSR count). The highest BCUT2D eigenvalue weighted by atomic mass is 16.7. The molecule has 0 aromatic carbocycles. The van der Waals surface area contributed by atoms with Gasteiger partial charge in [-0.15, -0.1) is 0 Å². The first-order chi connectivity index (χ1) is 23.8. The number of rotatable bonds is 23. The molecule has 288 valence electrons. The van der Waals surface area contributed by atoms with Crippen LogP contribution in [-0.4, -0.2) is 138 Å². The Morgan fingerprint density at radius 3 is 1.62 bits per heavy atom. The third-order valence-corrected chi connectivity index (χ3v) is 8.45. The molecule has 0 aliphatic carbocycles. The Hall–Kier alpha value is -2.77. The standard InChI is InChI=1S/C33H58N4O13/c1-20(40)25(37-29(46)12-6-9-15-48-33-31(36-22(3)42)27(44)17-24(19-39)50-33)10-4-7-13-34-28(45)11-5-8-14-47-32-30(35-21(2)41)26(43)16-23(18-38)49-32/h23-27,30-33,38-39,43-44H,4-19H2,1-3H3,(H,34,45)(H,35,41)(H,36,42)(H,37,46). The van der Waals surface area contributed by atoms with Crippen molar-refractivity contribution in [3.05, 3.63) is 0 Å². The zero-order valence-electron chi connectivity index (χ0n) is 29.5. The maximum absolute atomic E-state index is 12.5. The lowest BCUT2D eigenvalue weighted by atomic mass is 10.00. The summed E-state index contributed by atoms with van der Waals surface area (Å²) in [5.74, 6) is -1.25. The van der Waals surface area contributed by atoms with Gasteiger partial charge in [0.1, 0.15) is 12.1 Å². The summed E-state index contributed by atoms with van der Waals surface area (Å²) in [4.78, 5) is 59.9. The van der Waals surface area contributed by atoms with Crippen molar-refractivity contribution in [1.29, 1.82) is 0 Å². The number of unbranched alkanes of at least 4 members (excludes halogenated alkanes) is 3. The maximum Gasteiger partial charge on any atom is 0.220 e. The first kappa shape index (κ1) is 43.4. The van der Waals surface area contributed by atoms with Crippen LogP contribution in [0.3, 0.4) is 0 Å². The Labute approximate surface area is 293 Å². The summed E-state index contributed by atoms with van der Waals surface area (Å²) in [5, 5.41) is 50.3. The lowest BCUT2D eigenvalue weighted by Gasteiger charge is -2.39. The second-order valence-electron chi connectivity index (χ2n) is 12.9. The van der Waals surface area contributed by atoms with Crippen molar-refractivity contribution in [3.8, 4) is 0 Å². The zero-order valence-corrected chi connectivity index (χ0v) is 29.5. The van der Waals surface area contributed by atoms with Crippen molar-refractivity contribution in [2.24, 2.45) is 0 Å². The lowest BCUT2D eigenvalue weighted by Crippen LogP contribution is -2.58. The van der Waals surface area contributed by atoms with Crippen molar-refractivity contribution in [2.75, 3.05) is 33.0 Å². The van der Waals surface area contributed by atoms with Crippen molar-refractivity contribution >= 4 is 29.4 Å². The fourth-order valence-corrected chi connectivity index (χ4v) is 5.78. The molecule has 2 aliphatic rings. The van der Waals surface area contributed by atoms with Gasteiger partial charge in [-0.1, -0.05) is 0 Å². The van der Waals surface area contributed by atoms with E-state index in [1.54, 1.807) is 0 Å². The first-order valence-corrected chi connectivity index (χ1v) is 17.6. The van der Waals surface area contributed by atoms with Crippen LogP contribution in [0.25, 0.3) is 0 Å². The van der Waals surface area contributed by atoms with Gasteiger partial charge in [0.15, 0.2) is 18.4 Å². The molecule has 0 spiro atoms. The number of carbonyl (C=O) groups excluding carboxylic acids is 5. The van der Waals surface area contributed by atoms with Gasteiger partial charge in [0.05, 0.1) is 43.7 Å². The molecule has 2 fully saturated rings. The van der Waals surface area contributed by atoms with Crippen LogP contribution in [0.2, 0.25) is 0 Å². The summed E-state index contributed by atoms with van der Waals surface area (Å²) >= 11 is 0. The second kappa shape index (κ2) is 23.7. The van der Waals surface area contributed by atoms with Crippen molar-refractivity contribution in [2.45, 2.75) is 147 Å². The molecule has 0 saturated carbocycles. The minimum absolute atomic E-state index is 0.128. The molecular formula is C33H58N4O13. The Morgan fingerprint density at radius 2 is 1.18 bits per heavy atom. The zero-order chi connectivity index (χ0) is 37.1. The molecule has 0 aromatic heterocycles. The molecule has 8 N–H and O–H groups in total. The van der Waals surface area contributed by atoms with E-state index in [1.807, 2.05) is 0 Å². The molecular weight excluding hydrogens is 660 g/mol. The number of ether oxygens (including phenoxy) is 4. The highest BCUT2D eigenvalue weighted by Gasteiger charge is 2.40. The third kappa shape index (κ3) is 16.5. The monoisotopic (exact) mass is 718 g/mol. The van der Waals surface area contributed by atoms with E-state index < -0.39 is 55.1 Å². The molecule has 0 aromatic rings. The molecule has 2 saturated heterocycles. The predicted molar refractivity (Wildman–Crippen MR) is 177 cm³/mol. The summed E-state index contributed by atoms with van der Waals surface area (Å²) in [7, 11) is 0. The van der Waals surface area contributed by atoms with Gasteiger partial charge < -0.3 is 60.6 Å². The molecule has 50 heavy (non-hydrogen) atoms. The SMILES string of the molecule is CC(=O)NC1C(O)CC(CO)OC1OCCCCC(=O)NCCCCC(NC(=O)CCCCOC1OC(CO)CC(O)C1NC(C)=O)C(C)=O. The smallest absolute Gasteiger partial charge is 0.220 e. The Kier molecular flexibility index (Phi) is 20.5. The third-order valence-electron chi connectivity index (χ3n) is 8.45. The van der Waals surface area contributed by atoms with Crippen LogP contribution < -0.4 is 21.3 Å². The van der Waals surface area contributed by atoms with Crippen molar-refractivity contribution in [1.82, 2.24) is 21.3 Å². The first-order valence-electron chi connectivity index (χ1n) is 17.6. The van der Waals surface area contributed by atoms with E-state index in [2.05, 4.69) is 21.3 Å². The molecule has 0 bridgehead atoms. The highest BCUT2D eigenvalue weighted by Crippen LogP contribution is 2.23. The van der Waals surface area contributed by atoms with Crippen molar-refractivity contribution in [3.63, 3.8) is 0 Å². The van der Waals surface area contributed by atoms with Gasteiger partial charge in [-0.05, 0) is 51.9 Å². The Morgan fingerprint density at radius 1 is 0.700 bits per heavy atom. The molecule has 9 atom stereocenters. The van der Waals surface area contributed by atoms with Crippen LogP contribution in [-0.2, 0) is 42.9 Å². The topological polar surface area (TPSA) is 251 Å². The van der Waals surface area contributed by atoms with Gasteiger partial charge in [-0.25, -0.2) is 0 Å². The predicted octanol–water partition coefficient (Wildman–Crippen LogP) is -1.33. The number of hydrogen-bond acceptors (Lipinski definition) is 13. The minimum atomic E-state index is -0.938. The number of carbonyl (C=O) groups is 5. The number of ketones is 1. The van der Waals surface area contributed by atoms with Crippen LogP contribution >= 0.6 is 0 Å². The maximum atomic E-state index is 12.5. The van der Waals surface area contributed by atoms with E-state index in [0.29, 0.717) is 51.5 Å². The number of Topliss-reactive ketones (excluding diaryl/α,β-unsaturated/α-hetero) is 1. The van der Waals surface area contributed by atoms with E-state index in [4.69, 9.17) is 18.9 Å². The molecule has 17 nitrogen and oxygen atoms in total. The minimum Gasteiger partial charge on any atom is -0.394 e.